The van der Waals surface area contributed by atoms with Gasteiger partial charge in [0.25, 0.3) is 10.2 Å². The van der Waals surface area contributed by atoms with Gasteiger partial charge in [-0.05, 0) is 12.5 Å². The van der Waals surface area contributed by atoms with Crippen LogP contribution in [0.4, 0.5) is 0 Å². The topological polar surface area (TPSA) is 80.1 Å². The van der Waals surface area contributed by atoms with E-state index in [0.29, 0.717) is 12.4 Å². The quantitative estimate of drug-likeness (QED) is 0.857. The first kappa shape index (κ1) is 15.6. The molecule has 0 radical (unpaired) electrons. The van der Waals surface area contributed by atoms with E-state index in [1.807, 2.05) is 30.3 Å². The third kappa shape index (κ3) is 3.87. The third-order valence-electron chi connectivity index (χ3n) is 3.12. The van der Waals surface area contributed by atoms with Crippen molar-refractivity contribution in [3.8, 4) is 0 Å². The van der Waals surface area contributed by atoms with Gasteiger partial charge in [-0.2, -0.15) is 22.5 Å². The Morgan fingerprint density at radius 1 is 1.33 bits per heavy atom. The Bertz CT molecular complexity index is 684. The lowest BCUT2D eigenvalue weighted by atomic mass is 10.2. The van der Waals surface area contributed by atoms with Gasteiger partial charge in [0.2, 0.25) is 0 Å². The van der Waals surface area contributed by atoms with Crippen LogP contribution in [0.3, 0.4) is 0 Å². The highest BCUT2D eigenvalue weighted by molar-refractivity contribution is 7.87. The summed E-state index contributed by atoms with van der Waals surface area (Å²) in [6.45, 7) is 2.04. The van der Waals surface area contributed by atoms with Crippen LogP contribution in [0.25, 0.3) is 0 Å². The van der Waals surface area contributed by atoms with Crippen molar-refractivity contribution in [2.75, 3.05) is 7.05 Å². The van der Waals surface area contributed by atoms with Gasteiger partial charge in [0.05, 0.1) is 6.04 Å². The van der Waals surface area contributed by atoms with Crippen LogP contribution in [0, 0.1) is 0 Å². The van der Waals surface area contributed by atoms with Crippen LogP contribution in [0.1, 0.15) is 24.4 Å². The average molecular weight is 309 g/mol. The van der Waals surface area contributed by atoms with Crippen LogP contribution in [-0.4, -0.2) is 34.5 Å². The number of nitrogens with zero attached hydrogens (tertiary/aromatic N) is 4. The highest BCUT2D eigenvalue weighted by atomic mass is 32.2. The molecule has 0 bridgehead atoms. The van der Waals surface area contributed by atoms with E-state index < -0.39 is 16.3 Å². The molecule has 0 spiro atoms. The van der Waals surface area contributed by atoms with E-state index in [1.165, 1.54) is 10.6 Å². The molecule has 0 aliphatic heterocycles. The summed E-state index contributed by atoms with van der Waals surface area (Å²) in [7, 11) is -0.335. The number of rotatable bonds is 6. The second-order valence-electron chi connectivity index (χ2n) is 4.83. The second-order valence-corrected chi connectivity index (χ2v) is 6.64. The van der Waals surface area contributed by atoms with Gasteiger partial charge >= 0.3 is 0 Å². The Morgan fingerprint density at radius 3 is 2.57 bits per heavy atom. The number of hydrogen-bond donors (Lipinski definition) is 1. The van der Waals surface area contributed by atoms with E-state index in [1.54, 1.807) is 25.7 Å². The van der Waals surface area contributed by atoms with Gasteiger partial charge in [0.15, 0.2) is 0 Å². The number of aryl methyl sites for hydroxylation is 1. The molecule has 1 heterocycles. The predicted octanol–water partition coefficient (Wildman–Crippen LogP) is 0.842. The minimum Gasteiger partial charge on any atom is -0.252 e. The van der Waals surface area contributed by atoms with E-state index in [9.17, 15) is 8.42 Å². The maximum absolute atomic E-state index is 12.3. The summed E-state index contributed by atoms with van der Waals surface area (Å²) in [6, 6.07) is 8.97. The van der Waals surface area contributed by atoms with Gasteiger partial charge < -0.3 is 0 Å². The minimum absolute atomic E-state index is 0.307. The van der Waals surface area contributed by atoms with E-state index in [4.69, 9.17) is 0 Å². The van der Waals surface area contributed by atoms with Crippen molar-refractivity contribution >= 4 is 10.2 Å². The number of hydrogen-bond acceptors (Lipinski definition) is 4. The molecule has 7 nitrogen and oxygen atoms in total. The first-order valence-electron chi connectivity index (χ1n) is 6.51. The van der Waals surface area contributed by atoms with E-state index in [2.05, 4.69) is 14.8 Å². The number of benzene rings is 1. The molecular formula is C13H19N5O2S. The molecule has 1 N–H and O–H groups in total. The molecular weight excluding hydrogens is 290 g/mol. The molecule has 0 fully saturated rings. The van der Waals surface area contributed by atoms with Gasteiger partial charge in [-0.3, -0.25) is 4.68 Å². The van der Waals surface area contributed by atoms with E-state index in [0.717, 1.165) is 5.56 Å². The van der Waals surface area contributed by atoms with Crippen molar-refractivity contribution in [2.45, 2.75) is 19.5 Å². The summed E-state index contributed by atoms with van der Waals surface area (Å²) in [5.74, 6) is 0.562. The largest absolute Gasteiger partial charge is 0.280 e. The Labute approximate surface area is 124 Å². The molecule has 0 aliphatic carbocycles. The predicted molar refractivity (Wildman–Crippen MR) is 79.4 cm³/mol. The van der Waals surface area contributed by atoms with Crippen molar-refractivity contribution < 1.29 is 8.42 Å². The molecule has 8 heteroatoms. The zero-order valence-electron chi connectivity index (χ0n) is 12.3. The summed E-state index contributed by atoms with van der Waals surface area (Å²) < 4.78 is 30.0. The lowest BCUT2D eigenvalue weighted by Gasteiger charge is -2.20. The van der Waals surface area contributed by atoms with Crippen LogP contribution in [0.2, 0.25) is 0 Å². The molecule has 0 aliphatic rings. The van der Waals surface area contributed by atoms with Gasteiger partial charge in [0, 0.05) is 20.6 Å². The third-order valence-corrected chi connectivity index (χ3v) is 4.72. The van der Waals surface area contributed by atoms with Gasteiger partial charge in [-0.1, -0.05) is 30.3 Å². The van der Waals surface area contributed by atoms with Crippen molar-refractivity contribution in [1.82, 2.24) is 23.8 Å². The number of nitrogens with one attached hydrogen (secondary N) is 1. The second kappa shape index (κ2) is 6.33. The van der Waals surface area contributed by atoms with Gasteiger partial charge in [-0.25, -0.2) is 4.98 Å². The molecule has 1 aromatic carbocycles. The molecule has 1 unspecified atom stereocenters. The summed E-state index contributed by atoms with van der Waals surface area (Å²) in [5.41, 5.74) is 0.927. The van der Waals surface area contributed by atoms with E-state index in [-0.39, 0.29) is 0 Å². The maximum Gasteiger partial charge on any atom is 0.280 e. The van der Waals surface area contributed by atoms with Crippen molar-refractivity contribution in [2.24, 2.45) is 7.05 Å². The minimum atomic E-state index is -3.60. The van der Waals surface area contributed by atoms with Crippen LogP contribution in [0.5, 0.6) is 0 Å². The molecule has 2 rings (SSSR count). The van der Waals surface area contributed by atoms with Crippen LogP contribution in [-0.2, 0) is 23.8 Å². The SMILES string of the molecule is CC(NS(=O)(=O)N(C)Cc1ccccc1)c1ncnn1C. The normalized spacial score (nSPS) is 13.5. The highest BCUT2D eigenvalue weighted by Gasteiger charge is 2.23. The molecule has 114 valence electrons. The molecule has 0 saturated heterocycles. The summed E-state index contributed by atoms with van der Waals surface area (Å²) in [4.78, 5) is 4.05. The summed E-state index contributed by atoms with van der Waals surface area (Å²) in [5, 5.41) is 3.94. The Kier molecular flexibility index (Phi) is 4.71. The molecule has 2 aromatic rings. The fourth-order valence-corrected chi connectivity index (χ4v) is 3.04. The summed E-state index contributed by atoms with van der Waals surface area (Å²) in [6.07, 6.45) is 1.40. The van der Waals surface area contributed by atoms with Crippen molar-refractivity contribution in [3.05, 3.63) is 48.0 Å². The number of aromatic nitrogens is 3. The van der Waals surface area contributed by atoms with Gasteiger partial charge in [-0.15, -0.1) is 0 Å². The Hall–Kier alpha value is -1.77. The monoisotopic (exact) mass is 309 g/mol. The standard InChI is InChI=1S/C13H19N5O2S/c1-11(13-14-10-15-18(13)3)16-21(19,20)17(2)9-12-7-5-4-6-8-12/h4-8,10-11,16H,9H2,1-3H3. The molecule has 0 saturated carbocycles. The highest BCUT2D eigenvalue weighted by Crippen LogP contribution is 2.12. The Morgan fingerprint density at radius 2 is 2.00 bits per heavy atom. The van der Waals surface area contributed by atoms with Crippen LogP contribution >= 0.6 is 0 Å². The molecule has 1 aromatic heterocycles. The smallest absolute Gasteiger partial charge is 0.252 e. The van der Waals surface area contributed by atoms with Crippen LogP contribution in [0.15, 0.2) is 36.7 Å². The molecule has 1 atom stereocenters. The van der Waals surface area contributed by atoms with Crippen LogP contribution < -0.4 is 4.72 Å². The fourth-order valence-electron chi connectivity index (χ4n) is 1.99. The maximum atomic E-state index is 12.3. The lowest BCUT2D eigenvalue weighted by molar-refractivity contribution is 0.443. The average Bonchev–Trinajstić information content (AvgIpc) is 2.85. The van der Waals surface area contributed by atoms with Gasteiger partial charge in [0.1, 0.15) is 12.2 Å². The zero-order valence-corrected chi connectivity index (χ0v) is 13.1. The lowest BCUT2D eigenvalue weighted by Crippen LogP contribution is -2.39. The summed E-state index contributed by atoms with van der Waals surface area (Å²) >= 11 is 0. The zero-order chi connectivity index (χ0) is 15.5. The molecule has 0 amide bonds. The first-order chi connectivity index (χ1) is 9.90. The Balaban J connectivity index is 2.06. The molecule has 21 heavy (non-hydrogen) atoms. The first-order valence-corrected chi connectivity index (χ1v) is 7.95. The fraction of sp³-hybridized carbons (Fsp3) is 0.385. The van der Waals surface area contributed by atoms with E-state index >= 15 is 0 Å². The van der Waals surface area contributed by atoms with Crippen molar-refractivity contribution in [3.63, 3.8) is 0 Å². The van der Waals surface area contributed by atoms with Crippen molar-refractivity contribution in [1.29, 1.82) is 0 Å².